The molecule has 1 aliphatic carbocycles. The van der Waals surface area contributed by atoms with Crippen molar-refractivity contribution in [1.29, 1.82) is 0 Å². The van der Waals surface area contributed by atoms with Crippen molar-refractivity contribution < 1.29 is 4.79 Å². The Kier molecular flexibility index (Phi) is 5.18. The SMILES string of the molecule is CC(C)C1CCC(NC(=O)N2CCC[C@@H](n3cncn3)C2)CC1. The lowest BCUT2D eigenvalue weighted by Crippen LogP contribution is -2.49. The van der Waals surface area contributed by atoms with Crippen molar-refractivity contribution in [3.05, 3.63) is 12.7 Å². The van der Waals surface area contributed by atoms with Gasteiger partial charge in [0.05, 0.1) is 6.04 Å². The van der Waals surface area contributed by atoms with E-state index in [1.54, 1.807) is 12.7 Å². The lowest BCUT2D eigenvalue weighted by Gasteiger charge is -2.36. The molecular formula is C17H29N5O. The third-order valence-electron chi connectivity index (χ3n) is 5.54. The average molecular weight is 319 g/mol. The van der Waals surface area contributed by atoms with E-state index >= 15 is 0 Å². The summed E-state index contributed by atoms with van der Waals surface area (Å²) in [6.07, 6.45) is 10.1. The van der Waals surface area contributed by atoms with Crippen LogP contribution in [0.15, 0.2) is 12.7 Å². The van der Waals surface area contributed by atoms with Gasteiger partial charge >= 0.3 is 6.03 Å². The van der Waals surface area contributed by atoms with Crippen LogP contribution >= 0.6 is 0 Å². The molecule has 2 fully saturated rings. The van der Waals surface area contributed by atoms with Gasteiger partial charge in [-0.3, -0.25) is 0 Å². The van der Waals surface area contributed by atoms with Gasteiger partial charge in [-0.15, -0.1) is 0 Å². The lowest BCUT2D eigenvalue weighted by molar-refractivity contribution is 0.153. The fourth-order valence-electron chi connectivity index (χ4n) is 3.96. The second-order valence-corrected chi connectivity index (χ2v) is 7.42. The normalized spacial score (nSPS) is 28.8. The Balaban J connectivity index is 1.48. The molecule has 1 aromatic rings. The first-order chi connectivity index (χ1) is 11.1. The minimum Gasteiger partial charge on any atom is -0.335 e. The van der Waals surface area contributed by atoms with E-state index in [0.717, 1.165) is 50.6 Å². The molecule has 0 aromatic carbocycles. The Morgan fingerprint density at radius 2 is 2.00 bits per heavy atom. The molecule has 6 heteroatoms. The van der Waals surface area contributed by atoms with E-state index in [0.29, 0.717) is 6.04 Å². The van der Waals surface area contributed by atoms with Gasteiger partial charge in [0, 0.05) is 19.1 Å². The summed E-state index contributed by atoms with van der Waals surface area (Å²) in [7, 11) is 0. The van der Waals surface area contributed by atoms with Gasteiger partial charge in [0.15, 0.2) is 0 Å². The predicted molar refractivity (Wildman–Crippen MR) is 89.0 cm³/mol. The molecule has 0 spiro atoms. The van der Waals surface area contributed by atoms with Gasteiger partial charge in [0.2, 0.25) is 0 Å². The van der Waals surface area contributed by atoms with Gasteiger partial charge in [-0.1, -0.05) is 13.8 Å². The Bertz CT molecular complexity index is 493. The monoisotopic (exact) mass is 319 g/mol. The quantitative estimate of drug-likeness (QED) is 0.932. The Morgan fingerprint density at radius 1 is 1.22 bits per heavy atom. The molecule has 2 amide bonds. The summed E-state index contributed by atoms with van der Waals surface area (Å²) in [5.41, 5.74) is 0. The number of likely N-dealkylation sites (tertiary alicyclic amines) is 1. The molecule has 1 saturated heterocycles. The maximum Gasteiger partial charge on any atom is 0.317 e. The molecule has 23 heavy (non-hydrogen) atoms. The topological polar surface area (TPSA) is 63.1 Å². The maximum absolute atomic E-state index is 12.6. The lowest BCUT2D eigenvalue weighted by atomic mass is 9.80. The molecular weight excluding hydrogens is 290 g/mol. The molecule has 0 bridgehead atoms. The van der Waals surface area contributed by atoms with Gasteiger partial charge in [0.25, 0.3) is 0 Å². The summed E-state index contributed by atoms with van der Waals surface area (Å²) >= 11 is 0. The third kappa shape index (κ3) is 4.03. The number of hydrogen-bond acceptors (Lipinski definition) is 3. The van der Waals surface area contributed by atoms with Gasteiger partial charge < -0.3 is 10.2 Å². The second kappa shape index (κ2) is 7.32. The van der Waals surface area contributed by atoms with E-state index in [1.165, 1.54) is 12.8 Å². The standard InChI is InChI=1S/C17H29N5O/c1-13(2)14-5-7-15(8-6-14)20-17(23)21-9-3-4-16(10-21)22-12-18-11-19-22/h11-16H,3-10H2,1-2H3,(H,20,23)/t14?,15?,16-/m1/s1. The summed E-state index contributed by atoms with van der Waals surface area (Å²) < 4.78 is 1.88. The fourth-order valence-corrected chi connectivity index (χ4v) is 3.96. The van der Waals surface area contributed by atoms with E-state index in [1.807, 2.05) is 9.58 Å². The van der Waals surface area contributed by atoms with Crippen molar-refractivity contribution in [3.8, 4) is 0 Å². The first-order valence-electron chi connectivity index (χ1n) is 9.03. The van der Waals surface area contributed by atoms with Crippen molar-refractivity contribution in [2.75, 3.05) is 13.1 Å². The van der Waals surface area contributed by atoms with Gasteiger partial charge in [-0.05, 0) is 50.4 Å². The minimum absolute atomic E-state index is 0.0998. The van der Waals surface area contributed by atoms with Gasteiger partial charge in [0.1, 0.15) is 12.7 Å². The predicted octanol–water partition coefficient (Wildman–Crippen LogP) is 2.84. The first-order valence-corrected chi connectivity index (χ1v) is 9.03. The summed E-state index contributed by atoms with van der Waals surface area (Å²) in [6.45, 7) is 6.19. The number of carbonyl (C=O) groups is 1. The summed E-state index contributed by atoms with van der Waals surface area (Å²) in [4.78, 5) is 18.5. The van der Waals surface area contributed by atoms with Crippen LogP contribution in [0.3, 0.4) is 0 Å². The zero-order chi connectivity index (χ0) is 16.2. The van der Waals surface area contributed by atoms with Crippen LogP contribution in [0, 0.1) is 11.8 Å². The van der Waals surface area contributed by atoms with E-state index in [-0.39, 0.29) is 12.1 Å². The van der Waals surface area contributed by atoms with Crippen molar-refractivity contribution in [2.24, 2.45) is 11.8 Å². The van der Waals surface area contributed by atoms with Crippen molar-refractivity contribution in [2.45, 2.75) is 64.5 Å². The Labute approximate surface area is 138 Å². The molecule has 2 heterocycles. The molecule has 6 nitrogen and oxygen atoms in total. The second-order valence-electron chi connectivity index (χ2n) is 7.42. The van der Waals surface area contributed by atoms with E-state index in [4.69, 9.17) is 0 Å². The highest BCUT2D eigenvalue weighted by Crippen LogP contribution is 2.30. The van der Waals surface area contributed by atoms with Crippen molar-refractivity contribution >= 4 is 6.03 Å². The summed E-state index contributed by atoms with van der Waals surface area (Å²) in [6, 6.07) is 0.709. The Morgan fingerprint density at radius 3 is 2.65 bits per heavy atom. The third-order valence-corrected chi connectivity index (χ3v) is 5.54. The number of hydrogen-bond donors (Lipinski definition) is 1. The highest BCUT2D eigenvalue weighted by Gasteiger charge is 2.28. The van der Waals surface area contributed by atoms with E-state index in [2.05, 4.69) is 29.2 Å². The number of amides is 2. The number of urea groups is 1. The van der Waals surface area contributed by atoms with Crippen LogP contribution in [0.25, 0.3) is 0 Å². The van der Waals surface area contributed by atoms with Crippen LogP contribution in [0.4, 0.5) is 4.79 Å². The minimum atomic E-state index is 0.0998. The molecule has 128 valence electrons. The number of carbonyl (C=O) groups excluding carboxylic acids is 1. The van der Waals surface area contributed by atoms with Crippen molar-refractivity contribution in [3.63, 3.8) is 0 Å². The molecule has 0 unspecified atom stereocenters. The van der Waals surface area contributed by atoms with Gasteiger partial charge in [-0.2, -0.15) is 5.10 Å². The smallest absolute Gasteiger partial charge is 0.317 e. The van der Waals surface area contributed by atoms with Crippen LogP contribution in [0.2, 0.25) is 0 Å². The molecule has 1 N–H and O–H groups in total. The summed E-state index contributed by atoms with van der Waals surface area (Å²) in [5.74, 6) is 1.59. The number of rotatable bonds is 3. The number of aromatic nitrogens is 3. The molecule has 1 aliphatic heterocycles. The molecule has 1 saturated carbocycles. The van der Waals surface area contributed by atoms with Crippen LogP contribution in [-0.4, -0.2) is 44.8 Å². The van der Waals surface area contributed by atoms with E-state index in [9.17, 15) is 4.79 Å². The average Bonchev–Trinajstić information content (AvgIpc) is 3.10. The van der Waals surface area contributed by atoms with Crippen molar-refractivity contribution in [1.82, 2.24) is 25.0 Å². The fraction of sp³-hybridized carbons (Fsp3) is 0.824. The molecule has 1 aromatic heterocycles. The van der Waals surface area contributed by atoms with Crippen LogP contribution in [-0.2, 0) is 0 Å². The van der Waals surface area contributed by atoms with E-state index < -0.39 is 0 Å². The number of piperidine rings is 1. The molecule has 0 radical (unpaired) electrons. The van der Waals surface area contributed by atoms with Crippen LogP contribution < -0.4 is 5.32 Å². The van der Waals surface area contributed by atoms with Crippen LogP contribution in [0.1, 0.15) is 58.4 Å². The number of nitrogens with one attached hydrogen (secondary N) is 1. The molecule has 2 aliphatic rings. The zero-order valence-corrected chi connectivity index (χ0v) is 14.3. The zero-order valence-electron chi connectivity index (χ0n) is 14.3. The highest BCUT2D eigenvalue weighted by atomic mass is 16.2. The van der Waals surface area contributed by atoms with Crippen LogP contribution in [0.5, 0.6) is 0 Å². The maximum atomic E-state index is 12.6. The van der Waals surface area contributed by atoms with Gasteiger partial charge in [-0.25, -0.2) is 14.5 Å². The first kappa shape index (κ1) is 16.3. The largest absolute Gasteiger partial charge is 0.335 e. The number of nitrogens with zero attached hydrogens (tertiary/aromatic N) is 4. The Hall–Kier alpha value is -1.59. The highest BCUT2D eigenvalue weighted by molar-refractivity contribution is 5.74. The molecule has 3 rings (SSSR count). The summed E-state index contributed by atoms with van der Waals surface area (Å²) in [5, 5.41) is 7.48. The molecule has 1 atom stereocenters.